The Bertz CT molecular complexity index is 1390. The lowest BCUT2D eigenvalue weighted by molar-refractivity contribution is 0.0742. The number of ether oxygens (including phenoxy) is 1. The molecule has 1 amide bonds. The van der Waals surface area contributed by atoms with Crippen LogP contribution in [0.5, 0.6) is 0 Å². The zero-order valence-corrected chi connectivity index (χ0v) is 23.0. The Hall–Kier alpha value is -3.50. The molecule has 0 unspecified atom stereocenters. The van der Waals surface area contributed by atoms with E-state index in [-0.39, 0.29) is 17.9 Å². The molecule has 2 fully saturated rings. The van der Waals surface area contributed by atoms with Crippen LogP contribution in [0.4, 0.5) is 10.7 Å². The Balaban J connectivity index is 1.71. The largest absolute Gasteiger partial charge is 0.465 e. The lowest BCUT2D eigenvalue weighted by Crippen LogP contribution is -2.51. The van der Waals surface area contributed by atoms with Gasteiger partial charge in [0, 0.05) is 17.1 Å². The van der Waals surface area contributed by atoms with E-state index in [0.29, 0.717) is 41.4 Å². The number of amidine groups is 1. The van der Waals surface area contributed by atoms with Crippen molar-refractivity contribution in [2.45, 2.75) is 58.2 Å². The van der Waals surface area contributed by atoms with Gasteiger partial charge in [-0.1, -0.05) is 29.8 Å². The highest BCUT2D eigenvalue weighted by molar-refractivity contribution is 6.30. The minimum Gasteiger partial charge on any atom is -0.465 e. The SMILES string of the molecule is C=CC1CCC(Cn2c(N3[C@H](C)COC[C@H]3C)nc3nc(C(=N)NC(=O)O)nc(-c4cccc(Cl)c4)c32)CC1. The number of fused-ring (bicyclic) bond motifs is 1. The second-order valence-electron chi connectivity index (χ2n) is 10.6. The molecule has 0 radical (unpaired) electrons. The molecule has 1 aromatic carbocycles. The molecule has 0 bridgehead atoms. The van der Waals surface area contributed by atoms with Gasteiger partial charge in [-0.05, 0) is 63.5 Å². The van der Waals surface area contributed by atoms with E-state index in [1.54, 1.807) is 6.07 Å². The van der Waals surface area contributed by atoms with Gasteiger partial charge in [0.2, 0.25) is 5.95 Å². The van der Waals surface area contributed by atoms with Gasteiger partial charge in [-0.15, -0.1) is 6.58 Å². The average Bonchev–Trinajstić information content (AvgIpc) is 3.25. The summed E-state index contributed by atoms with van der Waals surface area (Å²) < 4.78 is 8.03. The van der Waals surface area contributed by atoms with Crippen molar-refractivity contribution in [3.05, 3.63) is 47.8 Å². The zero-order valence-electron chi connectivity index (χ0n) is 22.2. The fourth-order valence-electron chi connectivity index (χ4n) is 5.77. The summed E-state index contributed by atoms with van der Waals surface area (Å²) in [5.74, 6) is 1.32. The second kappa shape index (κ2) is 11.3. The number of imidazole rings is 1. The van der Waals surface area contributed by atoms with Crippen molar-refractivity contribution in [3.63, 3.8) is 0 Å². The molecule has 11 heteroatoms. The number of anilines is 1. The van der Waals surface area contributed by atoms with Crippen LogP contribution in [-0.2, 0) is 11.3 Å². The molecule has 1 aliphatic heterocycles. The molecule has 3 N–H and O–H groups in total. The Morgan fingerprint density at radius 1 is 1.21 bits per heavy atom. The number of hydrogen-bond acceptors (Lipinski definition) is 7. The first-order valence-electron chi connectivity index (χ1n) is 13.4. The topological polar surface area (TPSA) is 129 Å². The molecule has 3 heterocycles. The van der Waals surface area contributed by atoms with Crippen molar-refractivity contribution in [1.82, 2.24) is 24.8 Å². The van der Waals surface area contributed by atoms with Crippen molar-refractivity contribution in [1.29, 1.82) is 5.41 Å². The lowest BCUT2D eigenvalue weighted by Gasteiger charge is -2.40. The Labute approximate surface area is 232 Å². The number of carboxylic acid groups (broad SMARTS) is 1. The minimum absolute atomic E-state index is 0.0503. The standard InChI is InChI=1S/C28H34ClN7O3/c1-4-18-8-10-19(11-9-18)13-35-23-22(20-6-5-7-21(29)12-20)31-26(24(30)32-28(37)38)33-25(23)34-27(35)36-16(2)14-39-15-17(36)3/h4-7,12,16-19H,1,8-11,13-15H2,2-3H3,(H2,30,32)(H,37,38)/t16-,17-,18?,19?/m1/s1. The van der Waals surface area contributed by atoms with E-state index >= 15 is 0 Å². The van der Waals surface area contributed by atoms with E-state index in [4.69, 9.17) is 31.7 Å². The van der Waals surface area contributed by atoms with Gasteiger partial charge >= 0.3 is 6.09 Å². The van der Waals surface area contributed by atoms with Crippen molar-refractivity contribution in [2.24, 2.45) is 11.8 Å². The predicted molar refractivity (Wildman–Crippen MR) is 152 cm³/mol. The summed E-state index contributed by atoms with van der Waals surface area (Å²) in [7, 11) is 0. The summed E-state index contributed by atoms with van der Waals surface area (Å²) in [6.07, 6.45) is 5.11. The maximum Gasteiger partial charge on any atom is 0.410 e. The van der Waals surface area contributed by atoms with Gasteiger partial charge in [-0.25, -0.2) is 14.8 Å². The third kappa shape index (κ3) is 5.62. The molecule has 3 aromatic rings. The van der Waals surface area contributed by atoms with E-state index in [0.717, 1.165) is 49.3 Å². The van der Waals surface area contributed by atoms with Crippen molar-refractivity contribution in [2.75, 3.05) is 18.1 Å². The number of halogens is 1. The molecule has 1 saturated carbocycles. The van der Waals surface area contributed by atoms with E-state index in [1.807, 2.05) is 18.2 Å². The molecule has 1 saturated heterocycles. The predicted octanol–water partition coefficient (Wildman–Crippen LogP) is 5.35. The lowest BCUT2D eigenvalue weighted by atomic mass is 9.82. The zero-order chi connectivity index (χ0) is 27.7. The van der Waals surface area contributed by atoms with Crippen LogP contribution in [0.15, 0.2) is 36.9 Å². The van der Waals surface area contributed by atoms with Crippen LogP contribution in [0.1, 0.15) is 45.4 Å². The van der Waals surface area contributed by atoms with E-state index in [1.165, 1.54) is 0 Å². The maximum absolute atomic E-state index is 11.3. The number of allylic oxidation sites excluding steroid dienone is 1. The van der Waals surface area contributed by atoms with Gasteiger partial charge < -0.3 is 19.3 Å². The van der Waals surface area contributed by atoms with Crippen LogP contribution < -0.4 is 10.2 Å². The van der Waals surface area contributed by atoms with E-state index in [2.05, 4.69) is 46.3 Å². The summed E-state index contributed by atoms with van der Waals surface area (Å²) in [4.78, 5) is 27.9. The molecule has 0 spiro atoms. The molecule has 1 aliphatic carbocycles. The molecule has 5 rings (SSSR count). The highest BCUT2D eigenvalue weighted by Crippen LogP contribution is 2.37. The Morgan fingerprint density at radius 2 is 1.92 bits per heavy atom. The molecule has 206 valence electrons. The van der Waals surface area contributed by atoms with Gasteiger partial charge in [0.25, 0.3) is 0 Å². The third-order valence-corrected chi connectivity index (χ3v) is 7.94. The number of amides is 1. The van der Waals surface area contributed by atoms with Crippen LogP contribution in [0.25, 0.3) is 22.4 Å². The number of aromatic nitrogens is 4. The highest BCUT2D eigenvalue weighted by Gasteiger charge is 2.33. The summed E-state index contributed by atoms with van der Waals surface area (Å²) >= 11 is 6.38. The number of hydrogen-bond donors (Lipinski definition) is 3. The third-order valence-electron chi connectivity index (χ3n) is 7.70. The minimum atomic E-state index is -1.36. The van der Waals surface area contributed by atoms with Crippen molar-refractivity contribution in [3.8, 4) is 11.3 Å². The first-order chi connectivity index (χ1) is 18.7. The van der Waals surface area contributed by atoms with Gasteiger partial charge in [0.1, 0.15) is 11.2 Å². The fraction of sp³-hybridized carbons (Fsp3) is 0.464. The summed E-state index contributed by atoms with van der Waals surface area (Å²) in [5.41, 5.74) is 2.45. The maximum atomic E-state index is 11.3. The Kier molecular flexibility index (Phi) is 7.86. The summed E-state index contributed by atoms with van der Waals surface area (Å²) in [6, 6.07) is 7.53. The monoisotopic (exact) mass is 551 g/mol. The van der Waals surface area contributed by atoms with Crippen LogP contribution >= 0.6 is 11.6 Å². The van der Waals surface area contributed by atoms with Crippen LogP contribution in [0.2, 0.25) is 5.02 Å². The molecular formula is C28H34ClN7O3. The highest BCUT2D eigenvalue weighted by atomic mass is 35.5. The molecule has 39 heavy (non-hydrogen) atoms. The number of benzene rings is 1. The average molecular weight is 552 g/mol. The normalized spacial score (nSPS) is 23.5. The first-order valence-corrected chi connectivity index (χ1v) is 13.7. The number of nitrogens with zero attached hydrogens (tertiary/aromatic N) is 5. The molecular weight excluding hydrogens is 518 g/mol. The van der Waals surface area contributed by atoms with E-state index < -0.39 is 11.9 Å². The van der Waals surface area contributed by atoms with Crippen molar-refractivity contribution < 1.29 is 14.6 Å². The summed E-state index contributed by atoms with van der Waals surface area (Å²) in [6.45, 7) is 10.1. The van der Waals surface area contributed by atoms with Gasteiger partial charge in [-0.2, -0.15) is 4.98 Å². The molecule has 2 aromatic heterocycles. The fourth-order valence-corrected chi connectivity index (χ4v) is 5.96. The Morgan fingerprint density at radius 3 is 2.56 bits per heavy atom. The summed E-state index contributed by atoms with van der Waals surface area (Å²) in [5, 5.41) is 20.1. The van der Waals surface area contributed by atoms with Gasteiger partial charge in [-0.3, -0.25) is 10.7 Å². The second-order valence-corrected chi connectivity index (χ2v) is 11.0. The number of carbonyl (C=O) groups is 1. The number of morpholine rings is 1. The number of nitrogens with one attached hydrogen (secondary N) is 2. The van der Waals surface area contributed by atoms with Gasteiger partial charge in [0.15, 0.2) is 17.3 Å². The smallest absolute Gasteiger partial charge is 0.410 e. The van der Waals surface area contributed by atoms with E-state index in [9.17, 15) is 9.90 Å². The quantitative estimate of drug-likeness (QED) is 0.214. The molecule has 2 aliphatic rings. The first kappa shape index (κ1) is 27.1. The van der Waals surface area contributed by atoms with Gasteiger partial charge in [0.05, 0.1) is 25.3 Å². The molecule has 2 atom stereocenters. The van der Waals surface area contributed by atoms with Crippen molar-refractivity contribution >= 4 is 40.6 Å². The number of rotatable bonds is 6. The van der Waals surface area contributed by atoms with Crippen LogP contribution in [0, 0.1) is 17.2 Å². The molecule has 10 nitrogen and oxygen atoms in total. The van der Waals surface area contributed by atoms with Crippen LogP contribution in [-0.4, -0.2) is 61.9 Å². The van der Waals surface area contributed by atoms with Crippen LogP contribution in [0.3, 0.4) is 0 Å².